The minimum Gasteiger partial charge on any atom is -0.393 e. The highest BCUT2D eigenvalue weighted by Gasteiger charge is 2.32. The van der Waals surface area contributed by atoms with Gasteiger partial charge >= 0.3 is 0 Å². The van der Waals surface area contributed by atoms with E-state index in [9.17, 15) is 15.2 Å². The fourth-order valence-corrected chi connectivity index (χ4v) is 3.62. The summed E-state index contributed by atoms with van der Waals surface area (Å²) < 4.78 is 0.710. The van der Waals surface area contributed by atoms with Crippen LogP contribution in [0.25, 0.3) is 0 Å². The Labute approximate surface area is 133 Å². The van der Waals surface area contributed by atoms with Gasteiger partial charge in [0.15, 0.2) is 0 Å². The van der Waals surface area contributed by atoms with Crippen molar-refractivity contribution in [2.24, 2.45) is 17.8 Å². The van der Waals surface area contributed by atoms with Gasteiger partial charge in [0.2, 0.25) is 0 Å². The summed E-state index contributed by atoms with van der Waals surface area (Å²) in [6, 6.07) is 5.18. The van der Waals surface area contributed by atoms with Crippen molar-refractivity contribution in [3.05, 3.63) is 38.3 Å². The summed E-state index contributed by atoms with van der Waals surface area (Å²) in [7, 11) is 0. The van der Waals surface area contributed by atoms with Crippen molar-refractivity contribution in [1.82, 2.24) is 0 Å². The number of aliphatic hydroxyl groups is 1. The lowest BCUT2D eigenvalue weighted by Crippen LogP contribution is -2.32. The maximum Gasteiger partial charge on any atom is 0.273 e. The summed E-state index contributed by atoms with van der Waals surface area (Å²) in [5.41, 5.74) is 0.861. The molecule has 1 aliphatic carbocycles. The average molecular weight is 356 g/mol. The summed E-state index contributed by atoms with van der Waals surface area (Å²) in [5, 5.41) is 21.4. The van der Waals surface area contributed by atoms with E-state index in [0.29, 0.717) is 22.7 Å². The first kappa shape index (κ1) is 16.4. The third-order valence-electron chi connectivity index (χ3n) is 4.65. The van der Waals surface area contributed by atoms with E-state index < -0.39 is 0 Å². The smallest absolute Gasteiger partial charge is 0.273 e. The number of aliphatic hydroxyl groups excluding tert-OH is 1. The van der Waals surface area contributed by atoms with E-state index in [4.69, 9.17) is 0 Å². The van der Waals surface area contributed by atoms with Gasteiger partial charge in [0.1, 0.15) is 0 Å². The molecule has 0 bridgehead atoms. The number of halogens is 1. The summed E-state index contributed by atoms with van der Waals surface area (Å²) in [5.74, 6) is 1.32. The van der Waals surface area contributed by atoms with Crippen LogP contribution in [0.4, 0.5) is 5.69 Å². The van der Waals surface area contributed by atoms with Crippen LogP contribution in [0.3, 0.4) is 0 Å². The van der Waals surface area contributed by atoms with Crippen molar-refractivity contribution in [2.45, 2.75) is 45.6 Å². The third-order valence-corrected chi connectivity index (χ3v) is 5.15. The fraction of sp³-hybridized carbons (Fsp3) is 0.625. The monoisotopic (exact) mass is 355 g/mol. The van der Waals surface area contributed by atoms with Gasteiger partial charge < -0.3 is 5.11 Å². The number of nitro groups is 1. The Morgan fingerprint density at radius 3 is 2.76 bits per heavy atom. The van der Waals surface area contributed by atoms with E-state index in [1.54, 1.807) is 12.1 Å². The lowest BCUT2D eigenvalue weighted by Gasteiger charge is -2.35. The van der Waals surface area contributed by atoms with Crippen molar-refractivity contribution in [2.75, 3.05) is 0 Å². The van der Waals surface area contributed by atoms with Crippen LogP contribution in [0.1, 0.15) is 38.7 Å². The van der Waals surface area contributed by atoms with Gasteiger partial charge in [0.25, 0.3) is 5.69 Å². The number of nitro benzene ring substituents is 1. The highest BCUT2D eigenvalue weighted by atomic mass is 79.9. The van der Waals surface area contributed by atoms with E-state index in [1.165, 1.54) is 0 Å². The minimum atomic E-state index is -0.344. The molecule has 0 spiro atoms. The molecule has 21 heavy (non-hydrogen) atoms. The zero-order valence-electron chi connectivity index (χ0n) is 12.5. The van der Waals surface area contributed by atoms with Crippen molar-refractivity contribution in [3.63, 3.8) is 0 Å². The molecule has 5 heteroatoms. The van der Waals surface area contributed by atoms with Crippen LogP contribution >= 0.6 is 15.9 Å². The molecule has 0 heterocycles. The normalized spacial score (nSPS) is 26.0. The Morgan fingerprint density at radius 2 is 2.14 bits per heavy atom. The second kappa shape index (κ2) is 6.88. The van der Waals surface area contributed by atoms with Crippen molar-refractivity contribution in [3.8, 4) is 0 Å². The van der Waals surface area contributed by atoms with Gasteiger partial charge in [-0.2, -0.15) is 0 Å². The van der Waals surface area contributed by atoms with Gasteiger partial charge in [-0.1, -0.05) is 35.8 Å². The SMILES string of the molecule is CC(C)C1CCC(O)C(Cc2ccc(Br)cc2[N+](=O)[O-])C1. The number of hydrogen-bond acceptors (Lipinski definition) is 3. The van der Waals surface area contributed by atoms with E-state index >= 15 is 0 Å². The van der Waals surface area contributed by atoms with Crippen molar-refractivity contribution < 1.29 is 10.0 Å². The summed E-state index contributed by atoms with van der Waals surface area (Å²) >= 11 is 3.28. The van der Waals surface area contributed by atoms with Gasteiger partial charge in [-0.15, -0.1) is 0 Å². The molecule has 0 saturated heterocycles. The predicted molar refractivity (Wildman–Crippen MR) is 86.2 cm³/mol. The van der Waals surface area contributed by atoms with Crippen LogP contribution in [-0.4, -0.2) is 16.1 Å². The Balaban J connectivity index is 2.18. The molecule has 1 aliphatic rings. The van der Waals surface area contributed by atoms with Crippen LogP contribution in [0.15, 0.2) is 22.7 Å². The molecule has 4 nitrogen and oxygen atoms in total. The lowest BCUT2D eigenvalue weighted by molar-refractivity contribution is -0.385. The highest BCUT2D eigenvalue weighted by Crippen LogP contribution is 2.37. The standard InChI is InChI=1S/C16H22BrNO3/c1-10(2)11-4-6-16(19)13(7-11)8-12-3-5-14(17)9-15(12)18(20)21/h3,5,9-11,13,16,19H,4,6-8H2,1-2H3. The largest absolute Gasteiger partial charge is 0.393 e. The van der Waals surface area contributed by atoms with Gasteiger partial charge in [0.05, 0.1) is 11.0 Å². The molecular weight excluding hydrogens is 334 g/mol. The van der Waals surface area contributed by atoms with E-state index in [2.05, 4.69) is 29.8 Å². The van der Waals surface area contributed by atoms with Gasteiger partial charge in [-0.05, 0) is 49.5 Å². The average Bonchev–Trinajstić information content (AvgIpc) is 2.42. The lowest BCUT2D eigenvalue weighted by atomic mass is 9.73. The Kier molecular flexibility index (Phi) is 5.38. The molecule has 1 N–H and O–H groups in total. The number of benzene rings is 1. The summed E-state index contributed by atoms with van der Waals surface area (Å²) in [6.07, 6.45) is 3.04. The molecule has 0 radical (unpaired) electrons. The maximum absolute atomic E-state index is 11.2. The second-order valence-corrected chi connectivity index (χ2v) is 7.29. The molecule has 2 rings (SSSR count). The fourth-order valence-electron chi connectivity index (χ4n) is 3.27. The Bertz CT molecular complexity index is 518. The summed E-state index contributed by atoms with van der Waals surface area (Å²) in [4.78, 5) is 10.9. The van der Waals surface area contributed by atoms with Crippen LogP contribution in [-0.2, 0) is 6.42 Å². The first-order chi connectivity index (χ1) is 9.88. The van der Waals surface area contributed by atoms with Gasteiger partial charge in [-0.25, -0.2) is 0 Å². The van der Waals surface area contributed by atoms with Crippen LogP contribution in [0, 0.1) is 27.9 Å². The van der Waals surface area contributed by atoms with Crippen molar-refractivity contribution in [1.29, 1.82) is 0 Å². The molecule has 0 aromatic heterocycles. The topological polar surface area (TPSA) is 63.4 Å². The molecule has 1 aromatic rings. The summed E-state index contributed by atoms with van der Waals surface area (Å²) in [6.45, 7) is 4.42. The van der Waals surface area contributed by atoms with Crippen LogP contribution in [0.2, 0.25) is 0 Å². The Morgan fingerprint density at radius 1 is 1.43 bits per heavy atom. The first-order valence-corrected chi connectivity index (χ1v) is 8.28. The molecule has 1 fully saturated rings. The molecule has 3 atom stereocenters. The van der Waals surface area contributed by atoms with Gasteiger partial charge in [0, 0.05) is 16.1 Å². The molecular formula is C16H22BrNO3. The quantitative estimate of drug-likeness (QED) is 0.645. The van der Waals surface area contributed by atoms with Crippen LogP contribution in [0.5, 0.6) is 0 Å². The number of hydrogen-bond donors (Lipinski definition) is 1. The molecule has 1 aromatic carbocycles. The van der Waals surface area contributed by atoms with Crippen molar-refractivity contribution >= 4 is 21.6 Å². The van der Waals surface area contributed by atoms with Gasteiger partial charge in [-0.3, -0.25) is 10.1 Å². The van der Waals surface area contributed by atoms with E-state index in [-0.39, 0.29) is 22.6 Å². The molecule has 116 valence electrons. The molecule has 3 unspecified atom stereocenters. The third kappa shape index (κ3) is 4.04. The minimum absolute atomic E-state index is 0.117. The maximum atomic E-state index is 11.2. The van der Waals surface area contributed by atoms with E-state index in [1.807, 2.05) is 6.07 Å². The molecule has 0 amide bonds. The number of nitrogens with zero attached hydrogens (tertiary/aromatic N) is 1. The highest BCUT2D eigenvalue weighted by molar-refractivity contribution is 9.10. The van der Waals surface area contributed by atoms with Crippen LogP contribution < -0.4 is 0 Å². The zero-order chi connectivity index (χ0) is 15.6. The van der Waals surface area contributed by atoms with E-state index in [0.717, 1.165) is 24.8 Å². The zero-order valence-corrected chi connectivity index (χ0v) is 14.0. The Hall–Kier alpha value is -0.940. The number of rotatable bonds is 4. The second-order valence-electron chi connectivity index (χ2n) is 6.38. The molecule has 1 saturated carbocycles. The first-order valence-electron chi connectivity index (χ1n) is 7.49. The predicted octanol–water partition coefficient (Wildman–Crippen LogP) is 4.33. The molecule has 0 aliphatic heterocycles.